The summed E-state index contributed by atoms with van der Waals surface area (Å²) in [6.45, 7) is 2.11. The SMILES string of the molecule is Cc1ccccc1C(=O)/C(Cl)=C(\C=O)NCc1ccc(C(=O)NC2CC2)cc1. The van der Waals surface area contributed by atoms with Gasteiger partial charge in [-0.15, -0.1) is 0 Å². The first kappa shape index (κ1) is 19.8. The molecule has 5 nitrogen and oxygen atoms in total. The van der Waals surface area contributed by atoms with Gasteiger partial charge in [-0.3, -0.25) is 14.4 Å². The van der Waals surface area contributed by atoms with E-state index in [0.717, 1.165) is 24.0 Å². The summed E-state index contributed by atoms with van der Waals surface area (Å²) in [5.74, 6) is -0.483. The molecule has 2 aromatic carbocycles. The molecule has 1 aliphatic rings. The Labute approximate surface area is 168 Å². The number of hydrogen-bond acceptors (Lipinski definition) is 4. The van der Waals surface area contributed by atoms with Crippen LogP contribution in [-0.4, -0.2) is 24.0 Å². The van der Waals surface area contributed by atoms with Crippen molar-refractivity contribution < 1.29 is 14.4 Å². The number of hydrogen-bond donors (Lipinski definition) is 2. The molecule has 0 heterocycles. The molecule has 0 unspecified atom stereocenters. The number of carbonyl (C=O) groups excluding carboxylic acids is 3. The van der Waals surface area contributed by atoms with Crippen molar-refractivity contribution in [1.82, 2.24) is 10.6 Å². The molecule has 0 radical (unpaired) electrons. The van der Waals surface area contributed by atoms with E-state index in [1.165, 1.54) is 0 Å². The minimum absolute atomic E-state index is 0.0328. The molecule has 0 aliphatic heterocycles. The Kier molecular flexibility index (Phi) is 6.26. The van der Waals surface area contributed by atoms with E-state index in [-0.39, 0.29) is 16.6 Å². The highest BCUT2D eigenvalue weighted by atomic mass is 35.5. The quantitative estimate of drug-likeness (QED) is 0.407. The van der Waals surface area contributed by atoms with Crippen molar-refractivity contribution in [2.24, 2.45) is 0 Å². The summed E-state index contributed by atoms with van der Waals surface area (Å²) in [6.07, 6.45) is 2.61. The van der Waals surface area contributed by atoms with E-state index in [0.29, 0.717) is 30.0 Å². The number of allylic oxidation sites excluding steroid dienone is 2. The minimum Gasteiger partial charge on any atom is -0.377 e. The van der Waals surface area contributed by atoms with Crippen LogP contribution < -0.4 is 10.6 Å². The van der Waals surface area contributed by atoms with Crippen LogP contribution in [0.3, 0.4) is 0 Å². The van der Waals surface area contributed by atoms with Gasteiger partial charge in [-0.05, 0) is 43.0 Å². The molecule has 1 fully saturated rings. The van der Waals surface area contributed by atoms with E-state index in [9.17, 15) is 14.4 Å². The van der Waals surface area contributed by atoms with E-state index in [2.05, 4.69) is 10.6 Å². The normalized spacial score (nSPS) is 14.1. The Morgan fingerprint density at radius 1 is 1.11 bits per heavy atom. The van der Waals surface area contributed by atoms with Gasteiger partial charge in [-0.25, -0.2) is 0 Å². The largest absolute Gasteiger partial charge is 0.377 e. The molecular formula is C22H21ClN2O3. The first-order valence-corrected chi connectivity index (χ1v) is 9.46. The van der Waals surface area contributed by atoms with Crippen molar-refractivity contribution in [2.45, 2.75) is 32.4 Å². The molecule has 3 rings (SSSR count). The third-order valence-corrected chi connectivity index (χ3v) is 4.93. The van der Waals surface area contributed by atoms with E-state index < -0.39 is 5.78 Å². The monoisotopic (exact) mass is 396 g/mol. The van der Waals surface area contributed by atoms with Crippen LogP contribution in [0, 0.1) is 6.92 Å². The van der Waals surface area contributed by atoms with Crippen LogP contribution in [0.15, 0.2) is 59.3 Å². The van der Waals surface area contributed by atoms with Gasteiger partial charge in [-0.1, -0.05) is 48.0 Å². The Balaban J connectivity index is 1.66. The zero-order chi connectivity index (χ0) is 20.1. The maximum absolute atomic E-state index is 12.6. The number of carbonyl (C=O) groups is 3. The molecule has 0 aromatic heterocycles. The number of benzene rings is 2. The van der Waals surface area contributed by atoms with Crippen LogP contribution in [-0.2, 0) is 11.3 Å². The minimum atomic E-state index is -0.401. The first-order chi connectivity index (χ1) is 13.5. The Hall–Kier alpha value is -2.92. The second-order valence-corrected chi connectivity index (χ2v) is 7.17. The first-order valence-electron chi connectivity index (χ1n) is 9.08. The Bertz CT molecular complexity index is 931. The van der Waals surface area contributed by atoms with Gasteiger partial charge in [0.25, 0.3) is 5.91 Å². The number of rotatable bonds is 8. The van der Waals surface area contributed by atoms with Crippen molar-refractivity contribution in [2.75, 3.05) is 0 Å². The van der Waals surface area contributed by atoms with Crippen molar-refractivity contribution in [3.8, 4) is 0 Å². The van der Waals surface area contributed by atoms with Gasteiger partial charge in [-0.2, -0.15) is 0 Å². The van der Waals surface area contributed by atoms with Gasteiger partial charge < -0.3 is 10.6 Å². The topological polar surface area (TPSA) is 75.3 Å². The van der Waals surface area contributed by atoms with Crippen molar-refractivity contribution in [3.05, 3.63) is 81.5 Å². The maximum atomic E-state index is 12.6. The molecule has 2 aromatic rings. The molecule has 6 heteroatoms. The van der Waals surface area contributed by atoms with Gasteiger partial charge in [0, 0.05) is 23.7 Å². The molecule has 144 valence electrons. The number of amides is 1. The zero-order valence-electron chi connectivity index (χ0n) is 15.5. The number of aryl methyl sites for hydroxylation is 1. The molecule has 0 spiro atoms. The van der Waals surface area contributed by atoms with Crippen LogP contribution in [0.2, 0.25) is 0 Å². The Morgan fingerprint density at radius 3 is 2.39 bits per heavy atom. The fourth-order valence-electron chi connectivity index (χ4n) is 2.71. The van der Waals surface area contributed by atoms with Crippen LogP contribution in [0.1, 0.15) is 44.7 Å². The summed E-state index contributed by atoms with van der Waals surface area (Å²) in [5.41, 5.74) is 2.73. The summed E-state index contributed by atoms with van der Waals surface area (Å²) < 4.78 is 0. The number of nitrogens with one attached hydrogen (secondary N) is 2. The number of ketones is 1. The van der Waals surface area contributed by atoms with Crippen LogP contribution >= 0.6 is 11.6 Å². The molecule has 1 amide bonds. The summed E-state index contributed by atoms with van der Waals surface area (Å²) in [7, 11) is 0. The average Bonchev–Trinajstić information content (AvgIpc) is 3.52. The standard InChI is InChI=1S/C22H21ClN2O3/c1-14-4-2-3-5-18(14)21(27)20(23)19(13-26)24-12-15-6-8-16(9-7-15)22(28)25-17-10-11-17/h2-9,13,17,24H,10-12H2,1H3,(H,25,28)/b20-19-. The van der Waals surface area contributed by atoms with E-state index >= 15 is 0 Å². The molecule has 0 bridgehead atoms. The molecular weight excluding hydrogens is 376 g/mol. The van der Waals surface area contributed by atoms with E-state index in [1.807, 2.05) is 19.1 Å². The van der Waals surface area contributed by atoms with Crippen LogP contribution in [0.4, 0.5) is 0 Å². The highest BCUT2D eigenvalue weighted by molar-refractivity contribution is 6.46. The van der Waals surface area contributed by atoms with Crippen molar-refractivity contribution in [3.63, 3.8) is 0 Å². The third-order valence-electron chi connectivity index (χ3n) is 4.56. The van der Waals surface area contributed by atoms with Crippen LogP contribution in [0.5, 0.6) is 0 Å². The summed E-state index contributed by atoms with van der Waals surface area (Å²) in [5, 5.41) is 5.69. The van der Waals surface area contributed by atoms with Crippen LogP contribution in [0.25, 0.3) is 0 Å². The van der Waals surface area contributed by atoms with Gasteiger partial charge >= 0.3 is 0 Å². The molecule has 2 N–H and O–H groups in total. The number of Topliss-reactive ketones (excluding diaryl/α,β-unsaturated/α-hetero) is 1. The smallest absolute Gasteiger partial charge is 0.251 e. The van der Waals surface area contributed by atoms with Gasteiger partial charge in [0.2, 0.25) is 5.78 Å². The highest BCUT2D eigenvalue weighted by Crippen LogP contribution is 2.20. The number of aldehydes is 1. The third kappa shape index (κ3) is 4.87. The molecule has 0 saturated heterocycles. The lowest BCUT2D eigenvalue weighted by Gasteiger charge is -2.10. The second kappa shape index (κ2) is 8.85. The molecule has 1 aliphatic carbocycles. The summed E-state index contributed by atoms with van der Waals surface area (Å²) in [6, 6.07) is 14.4. The fourth-order valence-corrected chi connectivity index (χ4v) is 2.92. The lowest BCUT2D eigenvalue weighted by Crippen LogP contribution is -2.25. The maximum Gasteiger partial charge on any atom is 0.251 e. The van der Waals surface area contributed by atoms with E-state index in [1.54, 1.807) is 36.4 Å². The predicted octanol–water partition coefficient (Wildman–Crippen LogP) is 3.51. The van der Waals surface area contributed by atoms with Gasteiger partial charge in [0.05, 0.1) is 5.70 Å². The lowest BCUT2D eigenvalue weighted by atomic mass is 10.0. The number of halogens is 1. The average molecular weight is 397 g/mol. The molecule has 1 saturated carbocycles. The van der Waals surface area contributed by atoms with Crippen molar-refractivity contribution >= 4 is 29.6 Å². The molecule has 0 atom stereocenters. The second-order valence-electron chi connectivity index (χ2n) is 6.79. The Morgan fingerprint density at radius 2 is 1.79 bits per heavy atom. The predicted molar refractivity (Wildman–Crippen MR) is 108 cm³/mol. The highest BCUT2D eigenvalue weighted by Gasteiger charge is 2.23. The summed E-state index contributed by atoms with van der Waals surface area (Å²) in [4.78, 5) is 36.0. The molecule has 28 heavy (non-hydrogen) atoms. The lowest BCUT2D eigenvalue weighted by molar-refractivity contribution is -0.105. The van der Waals surface area contributed by atoms with E-state index in [4.69, 9.17) is 11.6 Å². The van der Waals surface area contributed by atoms with Gasteiger partial charge in [0.1, 0.15) is 5.03 Å². The van der Waals surface area contributed by atoms with Crippen molar-refractivity contribution in [1.29, 1.82) is 0 Å². The fraction of sp³-hybridized carbons (Fsp3) is 0.227. The van der Waals surface area contributed by atoms with Gasteiger partial charge in [0.15, 0.2) is 6.29 Å². The summed E-state index contributed by atoms with van der Waals surface area (Å²) >= 11 is 6.17. The zero-order valence-corrected chi connectivity index (χ0v) is 16.3.